The Morgan fingerprint density at radius 3 is 2.67 bits per heavy atom. The van der Waals surface area contributed by atoms with Gasteiger partial charge in [0.1, 0.15) is 23.8 Å². The minimum absolute atomic E-state index is 0.0290. The van der Waals surface area contributed by atoms with Gasteiger partial charge in [0, 0.05) is 51.2 Å². The van der Waals surface area contributed by atoms with E-state index in [0.29, 0.717) is 65.6 Å². The first-order valence-corrected chi connectivity index (χ1v) is 14.7. The Labute approximate surface area is 233 Å². The van der Waals surface area contributed by atoms with Gasteiger partial charge in [0.2, 0.25) is 5.91 Å². The SMILES string of the molecule is COC1CCN(c2ccc(Nc3cc(NC(C)=O)ncc3-c3ccc4c(n3)OCC(C)(C)O4)nc2S(C)(=O)=O)C1. The molecule has 0 aliphatic carbocycles. The Bertz CT molecular complexity index is 1560. The number of ether oxygens (including phenoxy) is 3. The minimum Gasteiger partial charge on any atom is -0.479 e. The maximum Gasteiger partial charge on any atom is 0.257 e. The lowest BCUT2D eigenvalue weighted by Gasteiger charge is -2.31. The van der Waals surface area contributed by atoms with Crippen LogP contribution in [-0.2, 0) is 19.4 Å². The third-order valence-corrected chi connectivity index (χ3v) is 7.53. The highest BCUT2D eigenvalue weighted by Crippen LogP contribution is 2.38. The van der Waals surface area contributed by atoms with Crippen molar-refractivity contribution in [3.8, 4) is 22.9 Å². The van der Waals surface area contributed by atoms with E-state index < -0.39 is 15.4 Å². The van der Waals surface area contributed by atoms with Crippen LogP contribution < -0.4 is 25.0 Å². The second kappa shape index (κ2) is 10.5. The average molecular weight is 569 g/mol. The molecule has 1 fully saturated rings. The molecule has 12 nitrogen and oxygen atoms in total. The zero-order valence-corrected chi connectivity index (χ0v) is 23.8. The number of methoxy groups -OCH3 is 1. The normalized spacial score (nSPS) is 17.9. The Morgan fingerprint density at radius 1 is 1.18 bits per heavy atom. The molecule has 0 aromatic carbocycles. The molecular weight excluding hydrogens is 536 g/mol. The first-order chi connectivity index (χ1) is 18.9. The van der Waals surface area contributed by atoms with E-state index in [4.69, 9.17) is 14.2 Å². The highest BCUT2D eigenvalue weighted by Gasteiger charge is 2.30. The Kier molecular flexibility index (Phi) is 7.27. The standard InChI is InChI=1S/C27H32N6O6S/c1-16(34)29-24-12-20(18(13-28-24)19-6-8-22-25(31-19)38-15-27(2,3)39-22)30-23-9-7-21(26(32-23)40(5,35)36)33-11-10-17(14-33)37-4/h6-9,12-13,17H,10-11,14-15H2,1-5H3,(H2,28,29,30,32,34). The van der Waals surface area contributed by atoms with Crippen LogP contribution in [0, 0.1) is 0 Å². The van der Waals surface area contributed by atoms with E-state index in [9.17, 15) is 13.2 Å². The molecule has 0 radical (unpaired) electrons. The quantitative estimate of drug-likeness (QED) is 0.432. The van der Waals surface area contributed by atoms with Gasteiger partial charge in [-0.25, -0.2) is 23.4 Å². The number of nitrogens with one attached hydrogen (secondary N) is 2. The molecule has 1 atom stereocenters. The van der Waals surface area contributed by atoms with E-state index in [0.717, 1.165) is 12.7 Å². The fourth-order valence-corrected chi connectivity index (χ4v) is 5.47. The number of pyridine rings is 3. The van der Waals surface area contributed by atoms with E-state index >= 15 is 0 Å². The van der Waals surface area contributed by atoms with Crippen LogP contribution in [0.25, 0.3) is 11.3 Å². The predicted octanol–water partition coefficient (Wildman–Crippen LogP) is 3.42. The summed E-state index contributed by atoms with van der Waals surface area (Å²) in [6.07, 6.45) is 3.53. The van der Waals surface area contributed by atoms with E-state index in [-0.39, 0.29) is 17.0 Å². The van der Waals surface area contributed by atoms with E-state index in [1.54, 1.807) is 43.6 Å². The van der Waals surface area contributed by atoms with Gasteiger partial charge in [-0.2, -0.15) is 0 Å². The molecule has 5 rings (SSSR count). The number of nitrogens with zero attached hydrogens (tertiary/aromatic N) is 4. The van der Waals surface area contributed by atoms with Crippen LogP contribution in [0.5, 0.6) is 11.6 Å². The third kappa shape index (κ3) is 5.94. The van der Waals surface area contributed by atoms with Crippen molar-refractivity contribution in [3.63, 3.8) is 0 Å². The third-order valence-electron chi connectivity index (χ3n) is 6.53. The summed E-state index contributed by atoms with van der Waals surface area (Å²) in [6.45, 7) is 6.83. The lowest BCUT2D eigenvalue weighted by molar-refractivity contribution is -0.114. The summed E-state index contributed by atoms with van der Waals surface area (Å²) in [5.41, 5.74) is 1.68. The van der Waals surface area contributed by atoms with Crippen molar-refractivity contribution in [3.05, 3.63) is 36.5 Å². The smallest absolute Gasteiger partial charge is 0.257 e. The molecule has 40 heavy (non-hydrogen) atoms. The zero-order valence-electron chi connectivity index (χ0n) is 23.0. The molecule has 1 amide bonds. The molecule has 5 heterocycles. The van der Waals surface area contributed by atoms with Crippen molar-refractivity contribution >= 4 is 38.8 Å². The lowest BCUT2D eigenvalue weighted by atomic mass is 10.1. The fraction of sp³-hybridized carbons (Fsp3) is 0.407. The van der Waals surface area contributed by atoms with Crippen molar-refractivity contribution < 1.29 is 27.4 Å². The molecule has 0 spiro atoms. The fourth-order valence-electron chi connectivity index (χ4n) is 4.63. The van der Waals surface area contributed by atoms with Crippen molar-refractivity contribution in [2.45, 2.75) is 43.9 Å². The van der Waals surface area contributed by atoms with Crippen LogP contribution in [0.3, 0.4) is 0 Å². The highest BCUT2D eigenvalue weighted by molar-refractivity contribution is 7.90. The van der Waals surface area contributed by atoms with Gasteiger partial charge < -0.3 is 29.7 Å². The number of amides is 1. The summed E-state index contributed by atoms with van der Waals surface area (Å²) in [4.78, 5) is 27.1. The number of hydrogen-bond donors (Lipinski definition) is 2. The summed E-state index contributed by atoms with van der Waals surface area (Å²) in [5.74, 6) is 1.21. The monoisotopic (exact) mass is 568 g/mol. The number of rotatable bonds is 7. The zero-order chi connectivity index (χ0) is 28.7. The summed E-state index contributed by atoms with van der Waals surface area (Å²) in [7, 11) is -2.01. The summed E-state index contributed by atoms with van der Waals surface area (Å²) in [5, 5.41) is 5.84. The molecule has 3 aromatic rings. The number of anilines is 4. The number of fused-ring (bicyclic) bond motifs is 1. The molecule has 2 N–H and O–H groups in total. The molecule has 3 aromatic heterocycles. The topological polar surface area (TPSA) is 145 Å². The van der Waals surface area contributed by atoms with Crippen LogP contribution in [0.4, 0.5) is 23.0 Å². The van der Waals surface area contributed by atoms with Crippen LogP contribution in [-0.4, -0.2) is 74.0 Å². The molecule has 0 bridgehead atoms. The molecule has 1 saturated heterocycles. The minimum atomic E-state index is -3.66. The van der Waals surface area contributed by atoms with Crippen molar-refractivity contribution in [2.24, 2.45) is 0 Å². The first-order valence-electron chi connectivity index (χ1n) is 12.8. The van der Waals surface area contributed by atoms with E-state index in [1.807, 2.05) is 18.7 Å². The second-order valence-electron chi connectivity index (χ2n) is 10.5. The van der Waals surface area contributed by atoms with Crippen LogP contribution >= 0.6 is 0 Å². The molecule has 2 aliphatic heterocycles. The van der Waals surface area contributed by atoms with Gasteiger partial charge in [-0.15, -0.1) is 0 Å². The van der Waals surface area contributed by atoms with Gasteiger partial charge in [-0.05, 0) is 44.5 Å². The number of sulfone groups is 1. The van der Waals surface area contributed by atoms with Crippen LogP contribution in [0.2, 0.25) is 0 Å². The molecule has 13 heteroatoms. The number of hydrogen-bond acceptors (Lipinski definition) is 11. The van der Waals surface area contributed by atoms with Gasteiger partial charge in [-0.3, -0.25) is 4.79 Å². The number of carbonyl (C=O) groups excluding carboxylic acids is 1. The van der Waals surface area contributed by atoms with Gasteiger partial charge >= 0.3 is 0 Å². The Balaban J connectivity index is 1.53. The van der Waals surface area contributed by atoms with Gasteiger partial charge in [0.25, 0.3) is 5.88 Å². The van der Waals surface area contributed by atoms with Crippen molar-refractivity contribution in [1.29, 1.82) is 0 Å². The Morgan fingerprint density at radius 2 is 1.98 bits per heavy atom. The summed E-state index contributed by atoms with van der Waals surface area (Å²) < 4.78 is 42.8. The largest absolute Gasteiger partial charge is 0.479 e. The van der Waals surface area contributed by atoms with Crippen molar-refractivity contribution in [1.82, 2.24) is 15.0 Å². The maximum absolute atomic E-state index is 12.8. The highest BCUT2D eigenvalue weighted by atomic mass is 32.2. The Hall–Kier alpha value is -3.97. The van der Waals surface area contributed by atoms with Crippen molar-refractivity contribution in [2.75, 3.05) is 48.6 Å². The molecule has 2 aliphatic rings. The molecule has 212 valence electrons. The van der Waals surface area contributed by atoms with E-state index in [2.05, 4.69) is 25.6 Å². The molecule has 1 unspecified atom stereocenters. The summed E-state index contributed by atoms with van der Waals surface area (Å²) in [6, 6.07) is 8.65. The molecule has 0 saturated carbocycles. The lowest BCUT2D eigenvalue weighted by Crippen LogP contribution is -2.39. The van der Waals surface area contributed by atoms with Gasteiger partial charge in [-0.1, -0.05) is 0 Å². The predicted molar refractivity (Wildman–Crippen MR) is 150 cm³/mol. The van der Waals surface area contributed by atoms with E-state index in [1.165, 1.54) is 6.92 Å². The molecular formula is C27H32N6O6S. The van der Waals surface area contributed by atoms with Crippen LogP contribution in [0.1, 0.15) is 27.2 Å². The second-order valence-corrected chi connectivity index (χ2v) is 12.4. The number of aromatic nitrogens is 3. The van der Waals surface area contributed by atoms with Gasteiger partial charge in [0.05, 0.1) is 23.2 Å². The van der Waals surface area contributed by atoms with Gasteiger partial charge in [0.15, 0.2) is 20.6 Å². The summed E-state index contributed by atoms with van der Waals surface area (Å²) >= 11 is 0. The first kappa shape index (κ1) is 27.6. The maximum atomic E-state index is 12.8. The number of carbonyl (C=O) groups is 1. The average Bonchev–Trinajstić information content (AvgIpc) is 3.37. The van der Waals surface area contributed by atoms with Crippen LogP contribution in [0.15, 0.2) is 41.6 Å².